The largest absolute Gasteiger partial charge is 0.378 e. The van der Waals surface area contributed by atoms with Crippen LogP contribution in [0.3, 0.4) is 0 Å². The van der Waals surface area contributed by atoms with Crippen LogP contribution in [-0.2, 0) is 23.7 Å². The lowest BCUT2D eigenvalue weighted by Gasteiger charge is -2.41. The minimum absolute atomic E-state index is 0.00328. The van der Waals surface area contributed by atoms with Gasteiger partial charge in [0.1, 0.15) is 12.2 Å². The van der Waals surface area contributed by atoms with Crippen LogP contribution < -0.4 is 0 Å². The van der Waals surface area contributed by atoms with E-state index in [1.807, 2.05) is 0 Å². The van der Waals surface area contributed by atoms with Gasteiger partial charge in [0.15, 0.2) is 6.29 Å². The van der Waals surface area contributed by atoms with Crippen molar-refractivity contribution in [1.82, 2.24) is 0 Å². The molecular weight excluding hydrogens is 368 g/mol. The number of allylic oxidation sites excluding steroid dienone is 5. The first-order valence-corrected chi connectivity index (χ1v) is 11.2. The van der Waals surface area contributed by atoms with Gasteiger partial charge < -0.3 is 23.7 Å². The van der Waals surface area contributed by atoms with Crippen molar-refractivity contribution in [3.63, 3.8) is 0 Å². The second-order valence-electron chi connectivity index (χ2n) is 7.95. The first kappa shape index (κ1) is 24.3. The fourth-order valence-corrected chi connectivity index (χ4v) is 3.79. The molecule has 0 spiro atoms. The normalized spacial score (nSPS) is 31.7. The first-order valence-electron chi connectivity index (χ1n) is 11.2. The monoisotopic (exact) mass is 408 g/mol. The van der Waals surface area contributed by atoms with E-state index in [9.17, 15) is 0 Å². The molecule has 2 saturated heterocycles. The van der Waals surface area contributed by atoms with Gasteiger partial charge >= 0.3 is 0 Å². The topological polar surface area (TPSA) is 46.2 Å². The third-order valence-electron chi connectivity index (χ3n) is 5.45. The highest BCUT2D eigenvalue weighted by molar-refractivity contribution is 5.20. The van der Waals surface area contributed by atoms with Crippen LogP contribution in [-0.4, -0.2) is 58.1 Å². The van der Waals surface area contributed by atoms with Crippen LogP contribution in [0.2, 0.25) is 0 Å². The summed E-state index contributed by atoms with van der Waals surface area (Å²) in [6, 6.07) is 0. The molecule has 0 radical (unpaired) electrons. The Morgan fingerprint density at radius 1 is 1.03 bits per heavy atom. The van der Waals surface area contributed by atoms with E-state index in [1.54, 1.807) is 7.11 Å². The van der Waals surface area contributed by atoms with Gasteiger partial charge in [-0.05, 0) is 38.2 Å². The van der Waals surface area contributed by atoms with Crippen molar-refractivity contribution in [2.24, 2.45) is 5.92 Å². The van der Waals surface area contributed by atoms with Crippen molar-refractivity contribution in [3.05, 3.63) is 36.0 Å². The summed E-state index contributed by atoms with van der Waals surface area (Å²) >= 11 is 0. The molecular formula is C24H40O5. The lowest BCUT2D eigenvalue weighted by molar-refractivity contribution is -0.201. The molecule has 0 amide bonds. The average Bonchev–Trinajstić information content (AvgIpc) is 2.74. The SMILES string of the molecule is CCC/C=C/C=C/C=C(\C)[C@@H]1OC[C@H](C)[C@H](OC)[C@H]1OCCOC1CCCCO1. The Hall–Kier alpha value is -0.980. The summed E-state index contributed by atoms with van der Waals surface area (Å²) in [6.07, 6.45) is 15.7. The zero-order chi connectivity index (χ0) is 20.9. The predicted octanol–water partition coefficient (Wildman–Crippen LogP) is 4.82. The molecule has 2 rings (SSSR count). The Morgan fingerprint density at radius 2 is 1.86 bits per heavy atom. The van der Waals surface area contributed by atoms with Crippen molar-refractivity contribution in [2.45, 2.75) is 77.5 Å². The molecule has 5 heteroatoms. The van der Waals surface area contributed by atoms with Crippen LogP contribution in [0.25, 0.3) is 0 Å². The minimum Gasteiger partial charge on any atom is -0.378 e. The zero-order valence-corrected chi connectivity index (χ0v) is 18.7. The summed E-state index contributed by atoms with van der Waals surface area (Å²) in [6.45, 7) is 8.89. The van der Waals surface area contributed by atoms with Gasteiger partial charge in [0, 0.05) is 19.6 Å². The highest BCUT2D eigenvalue weighted by Crippen LogP contribution is 2.29. The van der Waals surface area contributed by atoms with Crippen LogP contribution in [0.4, 0.5) is 0 Å². The maximum Gasteiger partial charge on any atom is 0.157 e. The van der Waals surface area contributed by atoms with Crippen molar-refractivity contribution in [3.8, 4) is 0 Å². The molecule has 2 heterocycles. The van der Waals surface area contributed by atoms with Crippen molar-refractivity contribution < 1.29 is 23.7 Å². The van der Waals surface area contributed by atoms with Crippen LogP contribution >= 0.6 is 0 Å². The average molecular weight is 409 g/mol. The highest BCUT2D eigenvalue weighted by Gasteiger charge is 2.40. The molecule has 29 heavy (non-hydrogen) atoms. The predicted molar refractivity (Wildman–Crippen MR) is 116 cm³/mol. The van der Waals surface area contributed by atoms with Gasteiger partial charge in [-0.3, -0.25) is 0 Å². The standard InChI is InChI=1S/C24H40O5/c1-5-6-7-8-9-10-13-19(2)23-24(22(25-4)20(3)18-29-23)28-17-16-27-21-14-11-12-15-26-21/h7-10,13,20-24H,5-6,11-12,14-18H2,1-4H3/b8-7+,10-9+,19-13+/t20-,21?,22-,23-,24+/m0/s1. The number of hydrogen-bond donors (Lipinski definition) is 0. The summed E-state index contributed by atoms with van der Waals surface area (Å²) in [5.41, 5.74) is 1.14. The van der Waals surface area contributed by atoms with Crippen LogP contribution in [0.5, 0.6) is 0 Å². The van der Waals surface area contributed by atoms with Gasteiger partial charge in [0.2, 0.25) is 0 Å². The zero-order valence-electron chi connectivity index (χ0n) is 18.7. The lowest BCUT2D eigenvalue weighted by atomic mass is 9.90. The van der Waals surface area contributed by atoms with E-state index in [2.05, 4.69) is 51.2 Å². The molecule has 5 atom stereocenters. The number of rotatable bonds is 11. The second kappa shape index (κ2) is 14.1. The maximum absolute atomic E-state index is 6.23. The lowest BCUT2D eigenvalue weighted by Crippen LogP contribution is -2.52. The molecule has 166 valence electrons. The molecule has 2 fully saturated rings. The summed E-state index contributed by atoms with van der Waals surface area (Å²) in [5.74, 6) is 0.282. The van der Waals surface area contributed by atoms with E-state index in [0.717, 1.165) is 31.4 Å². The maximum atomic E-state index is 6.23. The molecule has 0 aromatic heterocycles. The fraction of sp³-hybridized carbons (Fsp3) is 0.750. The Balaban J connectivity index is 1.90. The van der Waals surface area contributed by atoms with E-state index in [-0.39, 0.29) is 30.5 Å². The van der Waals surface area contributed by atoms with E-state index in [0.29, 0.717) is 19.8 Å². The molecule has 2 aliphatic heterocycles. The van der Waals surface area contributed by atoms with Crippen LogP contribution in [0.1, 0.15) is 52.9 Å². The Kier molecular flexibility index (Phi) is 11.8. The molecule has 0 bridgehead atoms. The van der Waals surface area contributed by atoms with Crippen LogP contribution in [0, 0.1) is 5.92 Å². The molecule has 0 N–H and O–H groups in total. The third kappa shape index (κ3) is 8.35. The van der Waals surface area contributed by atoms with Crippen LogP contribution in [0.15, 0.2) is 36.0 Å². The third-order valence-corrected chi connectivity index (χ3v) is 5.45. The summed E-state index contributed by atoms with van der Waals surface area (Å²) < 4.78 is 29.6. The molecule has 0 saturated carbocycles. The van der Waals surface area contributed by atoms with E-state index in [4.69, 9.17) is 23.7 Å². The Labute approximate surface area is 177 Å². The number of hydrogen-bond acceptors (Lipinski definition) is 5. The second-order valence-corrected chi connectivity index (χ2v) is 7.95. The van der Waals surface area contributed by atoms with Gasteiger partial charge in [0.05, 0.1) is 25.9 Å². The minimum atomic E-state index is -0.153. The van der Waals surface area contributed by atoms with E-state index in [1.165, 1.54) is 12.8 Å². The van der Waals surface area contributed by atoms with Gasteiger partial charge in [-0.1, -0.05) is 50.6 Å². The fourth-order valence-electron chi connectivity index (χ4n) is 3.79. The molecule has 1 unspecified atom stereocenters. The highest BCUT2D eigenvalue weighted by atomic mass is 16.7. The first-order chi connectivity index (χ1) is 14.2. The van der Waals surface area contributed by atoms with E-state index >= 15 is 0 Å². The Morgan fingerprint density at radius 3 is 2.59 bits per heavy atom. The summed E-state index contributed by atoms with van der Waals surface area (Å²) in [4.78, 5) is 0. The molecule has 2 aliphatic rings. The number of methoxy groups -OCH3 is 1. The number of ether oxygens (including phenoxy) is 5. The van der Waals surface area contributed by atoms with Crippen molar-refractivity contribution in [2.75, 3.05) is 33.5 Å². The smallest absolute Gasteiger partial charge is 0.157 e. The molecule has 5 nitrogen and oxygen atoms in total. The molecule has 0 aromatic rings. The quantitative estimate of drug-likeness (QED) is 0.362. The molecule has 0 aromatic carbocycles. The molecule has 0 aliphatic carbocycles. The van der Waals surface area contributed by atoms with Gasteiger partial charge in [-0.25, -0.2) is 0 Å². The van der Waals surface area contributed by atoms with Gasteiger partial charge in [-0.2, -0.15) is 0 Å². The van der Waals surface area contributed by atoms with Crippen molar-refractivity contribution in [1.29, 1.82) is 0 Å². The number of unbranched alkanes of at least 4 members (excludes halogenated alkanes) is 1. The summed E-state index contributed by atoms with van der Waals surface area (Å²) in [7, 11) is 1.75. The van der Waals surface area contributed by atoms with Crippen molar-refractivity contribution >= 4 is 0 Å². The van der Waals surface area contributed by atoms with E-state index < -0.39 is 0 Å². The van der Waals surface area contributed by atoms with Gasteiger partial charge in [-0.15, -0.1) is 0 Å². The van der Waals surface area contributed by atoms with Gasteiger partial charge in [0.25, 0.3) is 0 Å². The Bertz CT molecular complexity index is 521. The summed E-state index contributed by atoms with van der Waals surface area (Å²) in [5, 5.41) is 0.